The van der Waals surface area contributed by atoms with Crippen molar-refractivity contribution in [2.45, 2.75) is 104 Å². The molecular weight excluding hydrogens is 943 g/mol. The Morgan fingerprint density at radius 3 is 2.50 bits per heavy atom. The zero-order chi connectivity index (χ0) is 51.6. The first-order valence-corrected chi connectivity index (χ1v) is 26.0. The van der Waals surface area contributed by atoms with Crippen LogP contribution in [0.4, 0.5) is 38.8 Å². The van der Waals surface area contributed by atoms with Gasteiger partial charge < -0.3 is 44.5 Å². The number of carbonyl (C=O) groups excluding carboxylic acids is 2. The molecule has 20 heteroatoms. The normalized spacial score (nSPS) is 20.3. The van der Waals surface area contributed by atoms with Gasteiger partial charge in [-0.2, -0.15) is 0 Å². The van der Waals surface area contributed by atoms with Crippen molar-refractivity contribution < 1.29 is 38.0 Å². The van der Waals surface area contributed by atoms with E-state index in [1.807, 2.05) is 18.2 Å². The molecule has 6 heterocycles. The van der Waals surface area contributed by atoms with Crippen LogP contribution in [-0.2, 0) is 52.5 Å². The minimum Gasteiger partial charge on any atom is -0.392 e. The number of hydrogen-bond donors (Lipinski definition) is 5. The van der Waals surface area contributed by atoms with E-state index in [0.717, 1.165) is 50.1 Å². The maximum Gasteiger partial charge on any atom is 0.470 e. The minimum atomic E-state index is -4.89. The van der Waals surface area contributed by atoms with Crippen LogP contribution in [0.5, 0.6) is 0 Å². The molecule has 1 unspecified atom stereocenters. The van der Waals surface area contributed by atoms with Gasteiger partial charge in [-0.25, -0.2) is 18.9 Å². The van der Waals surface area contributed by atoms with Crippen LogP contribution < -0.4 is 30.9 Å². The van der Waals surface area contributed by atoms with Gasteiger partial charge in [-0.3, -0.25) is 28.7 Å². The molecular formula is C52H64FN10O8P. The Morgan fingerprint density at radius 2 is 1.79 bits per heavy atom. The largest absolute Gasteiger partial charge is 0.470 e. The average molecular weight is 1010 g/mol. The average Bonchev–Trinajstić information content (AvgIpc) is 3.81. The molecule has 3 aliphatic heterocycles. The molecule has 0 radical (unpaired) electrons. The number of halogens is 1. The summed E-state index contributed by atoms with van der Waals surface area (Å²) in [6.45, 7) is 18.7. The smallest absolute Gasteiger partial charge is 0.392 e. The van der Waals surface area contributed by atoms with Crippen LogP contribution in [0.2, 0.25) is 0 Å². The first-order valence-electron chi connectivity index (χ1n) is 24.4. The van der Waals surface area contributed by atoms with Crippen molar-refractivity contribution in [2.75, 3.05) is 58.1 Å². The number of aliphatic hydroxyl groups is 1. The predicted octanol–water partition coefficient (Wildman–Crippen LogP) is 6.84. The number of carbonyl (C=O) groups is 2. The topological polar surface area (TPSA) is 211 Å². The number of hydrogen-bond acceptors (Lipinski definition) is 12. The number of aliphatic hydroxyl groups excluding tert-OH is 1. The van der Waals surface area contributed by atoms with E-state index in [1.54, 1.807) is 48.6 Å². The zero-order valence-corrected chi connectivity index (χ0v) is 42.7. The van der Waals surface area contributed by atoms with Crippen molar-refractivity contribution in [2.24, 2.45) is 12.5 Å². The summed E-state index contributed by atoms with van der Waals surface area (Å²) in [4.78, 5) is 77.6. The highest BCUT2D eigenvalue weighted by molar-refractivity contribution is 7.46. The van der Waals surface area contributed by atoms with Crippen LogP contribution in [0.1, 0.15) is 87.3 Å². The van der Waals surface area contributed by atoms with Crippen LogP contribution in [0, 0.1) is 11.2 Å². The number of fused-ring (bicyclic) bond motifs is 3. The molecule has 5 N–H and O–H groups in total. The number of aryl methyl sites for hydroxylation is 1. The summed E-state index contributed by atoms with van der Waals surface area (Å²) in [5, 5.41) is 17.0. The zero-order valence-electron chi connectivity index (χ0n) is 41.9. The molecule has 18 nitrogen and oxygen atoms in total. The number of rotatable bonds is 13. The molecule has 382 valence electrons. The Hall–Kier alpha value is -6.21. The summed E-state index contributed by atoms with van der Waals surface area (Å²) in [5.41, 5.74) is 5.12. The standard InChI is InChI=1S/C52H64FN10O8P/c1-9-46(65)56-41-24-34(10-13-43(41)61-19-18-59(28-32(61)3)35-15-17-60(31(2)22-35)36-11-12-40(53)39(25-36)52(6,7)71-72(68,69)70)55-47-50(67)58(8)29-42(57-47)37-14-16-54-48(38(37)30-64)63-21-20-62-44(49(63)66)23-33-26-51(4,5)27-45(33)62/h9-14,16,23-25,29,31-32,35,64H,1,15,17-22,26-28,30H2,2-8H3,(H,55,57)(H,56,65)(H2,68,69,70)/t31-,32+,35?/m1/s1. The van der Waals surface area contributed by atoms with Gasteiger partial charge in [0.05, 0.1) is 23.7 Å². The number of anilines is 6. The molecule has 72 heavy (non-hydrogen) atoms. The maximum absolute atomic E-state index is 15.0. The second kappa shape index (κ2) is 19.3. The summed E-state index contributed by atoms with van der Waals surface area (Å²) in [5.74, 6) is -0.846. The highest BCUT2D eigenvalue weighted by atomic mass is 31.2. The first-order chi connectivity index (χ1) is 34.0. The Balaban J connectivity index is 0.907. The number of nitrogens with zero attached hydrogens (tertiary/aromatic N) is 8. The number of amides is 2. The highest BCUT2D eigenvalue weighted by Crippen LogP contribution is 2.47. The molecule has 2 fully saturated rings. The fourth-order valence-electron chi connectivity index (χ4n) is 11.4. The predicted molar refractivity (Wildman–Crippen MR) is 275 cm³/mol. The molecule has 3 aromatic heterocycles. The highest BCUT2D eigenvalue weighted by Gasteiger charge is 2.39. The van der Waals surface area contributed by atoms with E-state index in [2.05, 4.69) is 69.2 Å². The van der Waals surface area contributed by atoms with E-state index in [0.29, 0.717) is 65.9 Å². The van der Waals surface area contributed by atoms with Gasteiger partial charge in [0, 0.05) is 111 Å². The molecule has 1 aliphatic carbocycles. The Labute approximate surface area is 418 Å². The van der Waals surface area contributed by atoms with E-state index >= 15 is 4.39 Å². The van der Waals surface area contributed by atoms with E-state index in [4.69, 9.17) is 9.51 Å². The molecule has 2 saturated heterocycles. The van der Waals surface area contributed by atoms with E-state index in [1.165, 1.54) is 41.8 Å². The van der Waals surface area contributed by atoms with Crippen LogP contribution in [0.15, 0.2) is 78.4 Å². The molecule has 3 atom stereocenters. The number of aromatic nitrogens is 4. The molecule has 5 aromatic rings. The second-order valence-electron chi connectivity index (χ2n) is 20.9. The summed E-state index contributed by atoms with van der Waals surface area (Å²) in [6, 6.07) is 14.2. The quantitative estimate of drug-likeness (QED) is 0.0604. The number of piperazine rings is 1. The lowest BCUT2D eigenvalue weighted by atomic mass is 9.90. The van der Waals surface area contributed by atoms with Gasteiger partial charge in [0.2, 0.25) is 5.91 Å². The summed E-state index contributed by atoms with van der Waals surface area (Å²) < 4.78 is 35.2. The van der Waals surface area contributed by atoms with Crippen molar-refractivity contribution in [3.05, 3.63) is 118 Å². The molecule has 0 bridgehead atoms. The van der Waals surface area contributed by atoms with Crippen molar-refractivity contribution in [1.82, 2.24) is 24.0 Å². The summed E-state index contributed by atoms with van der Waals surface area (Å²) >= 11 is 0. The fraction of sp³-hybridized carbons (Fsp3) is 0.442. The minimum absolute atomic E-state index is 0.00944. The first kappa shape index (κ1) is 50.7. The second-order valence-corrected chi connectivity index (χ2v) is 22.1. The third kappa shape index (κ3) is 9.97. The number of phosphoric acid groups is 1. The van der Waals surface area contributed by atoms with Gasteiger partial charge in [0.1, 0.15) is 22.9 Å². The third-order valence-corrected chi connectivity index (χ3v) is 15.4. The number of nitrogens with one attached hydrogen (secondary N) is 2. The fourth-order valence-corrected chi connectivity index (χ4v) is 12.1. The number of benzene rings is 2. The molecule has 9 rings (SSSR count). The monoisotopic (exact) mass is 1010 g/mol. The molecule has 2 amide bonds. The van der Waals surface area contributed by atoms with Gasteiger partial charge in [0.15, 0.2) is 5.82 Å². The van der Waals surface area contributed by atoms with Crippen LogP contribution in [0.25, 0.3) is 11.3 Å². The van der Waals surface area contributed by atoms with Crippen LogP contribution in [0.3, 0.4) is 0 Å². The van der Waals surface area contributed by atoms with E-state index < -0.39 is 37.3 Å². The van der Waals surface area contributed by atoms with Gasteiger partial charge in [-0.15, -0.1) is 0 Å². The maximum atomic E-state index is 15.0. The summed E-state index contributed by atoms with van der Waals surface area (Å²) in [7, 11) is -3.27. The van der Waals surface area contributed by atoms with Crippen LogP contribution in [-0.4, -0.2) is 102 Å². The van der Waals surface area contributed by atoms with Crippen molar-refractivity contribution in [3.8, 4) is 11.3 Å². The Bertz CT molecular complexity index is 3080. The molecule has 2 aromatic carbocycles. The van der Waals surface area contributed by atoms with Gasteiger partial charge >= 0.3 is 7.82 Å². The lowest BCUT2D eigenvalue weighted by Gasteiger charge is -2.48. The Morgan fingerprint density at radius 1 is 1.01 bits per heavy atom. The van der Waals surface area contributed by atoms with Crippen LogP contribution >= 0.6 is 7.82 Å². The molecule has 4 aliphatic rings. The van der Waals surface area contributed by atoms with E-state index in [-0.39, 0.29) is 40.8 Å². The molecule has 0 saturated carbocycles. The summed E-state index contributed by atoms with van der Waals surface area (Å²) in [6.07, 6.45) is 7.87. The third-order valence-electron chi connectivity index (χ3n) is 14.7. The number of phosphoric ester groups is 1. The lowest BCUT2D eigenvalue weighted by Crippen LogP contribution is -2.58. The Kier molecular flexibility index (Phi) is 13.6. The van der Waals surface area contributed by atoms with Gasteiger partial charge in [-0.05, 0) is 119 Å². The van der Waals surface area contributed by atoms with Gasteiger partial charge in [-0.1, -0.05) is 20.4 Å². The molecule has 0 spiro atoms. The lowest BCUT2D eigenvalue weighted by molar-refractivity contribution is -0.111. The van der Waals surface area contributed by atoms with Crippen molar-refractivity contribution in [3.63, 3.8) is 0 Å². The van der Waals surface area contributed by atoms with E-state index in [9.17, 15) is 33.8 Å². The van der Waals surface area contributed by atoms with Crippen molar-refractivity contribution >= 4 is 54.0 Å². The SMILES string of the molecule is C=CC(=O)Nc1cc(Nc2nc(-c3ccnc(N4CCn5c(cc6c5CC(C)(C)C6)C4=O)c3CO)cn(C)c2=O)ccc1N1CCN(C2CCN(c3ccc(F)c(C(C)(C)OP(=O)(O)O)c3)[C@H](C)C2)C[C@@H]1C. The van der Waals surface area contributed by atoms with Crippen molar-refractivity contribution in [1.29, 1.82) is 0 Å². The number of pyridine rings is 1. The van der Waals surface area contributed by atoms with Gasteiger partial charge in [0.25, 0.3) is 11.5 Å². The number of piperidine rings is 1.